The van der Waals surface area contributed by atoms with Crippen LogP contribution in [0.1, 0.15) is 52.9 Å². The van der Waals surface area contributed by atoms with Gasteiger partial charge in [-0.05, 0) is 38.5 Å². The molecule has 1 saturated carbocycles. The van der Waals surface area contributed by atoms with Crippen molar-refractivity contribution >= 4 is 11.8 Å². The second-order valence-corrected chi connectivity index (χ2v) is 6.35. The van der Waals surface area contributed by atoms with E-state index in [4.69, 9.17) is 4.74 Å². The van der Waals surface area contributed by atoms with Crippen LogP contribution in [0.3, 0.4) is 0 Å². The van der Waals surface area contributed by atoms with Crippen LogP contribution in [-0.4, -0.2) is 48.1 Å². The zero-order valence-electron chi connectivity index (χ0n) is 13.5. The molecule has 1 aliphatic carbocycles. The smallest absolute Gasteiger partial charge is 0.249 e. The lowest BCUT2D eigenvalue weighted by Gasteiger charge is -2.44. The third kappa shape index (κ3) is 3.39. The van der Waals surface area contributed by atoms with E-state index in [9.17, 15) is 9.59 Å². The van der Waals surface area contributed by atoms with Gasteiger partial charge in [0.25, 0.3) is 0 Å². The van der Waals surface area contributed by atoms with Crippen LogP contribution >= 0.6 is 0 Å². The number of amides is 2. The molecule has 5 nitrogen and oxygen atoms in total. The van der Waals surface area contributed by atoms with Crippen LogP contribution in [-0.2, 0) is 14.3 Å². The zero-order chi connectivity index (χ0) is 15.5. The minimum absolute atomic E-state index is 0.0138. The molecule has 0 aromatic heterocycles. The van der Waals surface area contributed by atoms with Gasteiger partial charge in [-0.2, -0.15) is 0 Å². The maximum absolute atomic E-state index is 12.8. The number of hydrogen-bond acceptors (Lipinski definition) is 3. The van der Waals surface area contributed by atoms with E-state index < -0.39 is 5.54 Å². The Kier molecular flexibility index (Phi) is 5.25. The van der Waals surface area contributed by atoms with Crippen LogP contribution < -0.4 is 5.32 Å². The van der Waals surface area contributed by atoms with Gasteiger partial charge in [-0.15, -0.1) is 0 Å². The lowest BCUT2D eigenvalue weighted by Crippen LogP contribution is -2.70. The maximum atomic E-state index is 12.8. The van der Waals surface area contributed by atoms with Gasteiger partial charge >= 0.3 is 0 Å². The fraction of sp³-hybridized carbons (Fsp3) is 0.875. The fourth-order valence-corrected chi connectivity index (χ4v) is 3.09. The topological polar surface area (TPSA) is 58.6 Å². The number of piperazine rings is 1. The Morgan fingerprint density at radius 2 is 2.00 bits per heavy atom. The second kappa shape index (κ2) is 6.77. The van der Waals surface area contributed by atoms with E-state index >= 15 is 0 Å². The molecule has 2 aliphatic rings. The van der Waals surface area contributed by atoms with Gasteiger partial charge in [0, 0.05) is 13.2 Å². The van der Waals surface area contributed by atoms with Crippen LogP contribution in [0.5, 0.6) is 0 Å². The molecule has 2 rings (SSSR count). The number of carbonyl (C=O) groups excluding carboxylic acids is 2. The van der Waals surface area contributed by atoms with Crippen molar-refractivity contribution in [3.8, 4) is 0 Å². The highest BCUT2D eigenvalue weighted by atomic mass is 16.5. The number of rotatable bonds is 8. The molecule has 2 fully saturated rings. The van der Waals surface area contributed by atoms with Crippen molar-refractivity contribution in [2.75, 3.05) is 19.8 Å². The van der Waals surface area contributed by atoms with Crippen molar-refractivity contribution in [1.82, 2.24) is 10.2 Å². The summed E-state index contributed by atoms with van der Waals surface area (Å²) in [5.74, 6) is 0.353. The molecule has 1 saturated heterocycles. The van der Waals surface area contributed by atoms with Crippen molar-refractivity contribution in [3.63, 3.8) is 0 Å². The van der Waals surface area contributed by atoms with E-state index in [0.717, 1.165) is 32.3 Å². The first kappa shape index (κ1) is 16.3. The molecule has 21 heavy (non-hydrogen) atoms. The van der Waals surface area contributed by atoms with E-state index in [1.165, 1.54) is 0 Å². The Bertz CT molecular complexity index is 395. The predicted octanol–water partition coefficient (Wildman–Crippen LogP) is 1.71. The number of carbonyl (C=O) groups is 2. The first-order valence-corrected chi connectivity index (χ1v) is 8.25. The van der Waals surface area contributed by atoms with Crippen LogP contribution in [0.15, 0.2) is 0 Å². The molecule has 0 spiro atoms. The summed E-state index contributed by atoms with van der Waals surface area (Å²) in [5.41, 5.74) is -0.702. The molecule has 0 aromatic rings. The molecular formula is C16H28N2O3. The summed E-state index contributed by atoms with van der Waals surface area (Å²) in [5, 5.41) is 2.98. The number of unbranched alkanes of at least 4 members (excludes halogenated alkanes) is 1. The first-order valence-electron chi connectivity index (χ1n) is 8.25. The molecule has 1 aliphatic heterocycles. The Morgan fingerprint density at radius 3 is 2.57 bits per heavy atom. The molecule has 2 atom stereocenters. The number of nitrogens with zero attached hydrogens (tertiary/aromatic N) is 1. The van der Waals surface area contributed by atoms with Gasteiger partial charge < -0.3 is 15.0 Å². The number of ether oxygens (including phenoxy) is 1. The van der Waals surface area contributed by atoms with Crippen LogP contribution in [0.4, 0.5) is 0 Å². The molecule has 2 amide bonds. The van der Waals surface area contributed by atoms with Crippen molar-refractivity contribution in [1.29, 1.82) is 0 Å². The van der Waals surface area contributed by atoms with E-state index in [1.807, 2.05) is 13.8 Å². The van der Waals surface area contributed by atoms with Gasteiger partial charge in [0.15, 0.2) is 0 Å². The quantitative estimate of drug-likeness (QED) is 0.694. The minimum atomic E-state index is -0.702. The largest absolute Gasteiger partial charge is 0.380 e. The van der Waals surface area contributed by atoms with Gasteiger partial charge in [0.05, 0.1) is 6.61 Å². The highest BCUT2D eigenvalue weighted by molar-refractivity contribution is 6.00. The summed E-state index contributed by atoms with van der Waals surface area (Å²) >= 11 is 0. The average Bonchev–Trinajstić information content (AvgIpc) is 3.28. The highest BCUT2D eigenvalue weighted by Crippen LogP contribution is 2.42. The van der Waals surface area contributed by atoms with E-state index in [0.29, 0.717) is 25.5 Å². The summed E-state index contributed by atoms with van der Waals surface area (Å²) in [6.45, 7) is 7.69. The van der Waals surface area contributed by atoms with Crippen LogP contribution in [0.2, 0.25) is 0 Å². The van der Waals surface area contributed by atoms with E-state index in [2.05, 4.69) is 12.2 Å². The Morgan fingerprint density at radius 1 is 1.29 bits per heavy atom. The minimum Gasteiger partial charge on any atom is -0.380 e. The summed E-state index contributed by atoms with van der Waals surface area (Å²) in [6.07, 6.45) is 4.83. The normalized spacial score (nSPS) is 29.7. The number of hydrogen-bond donors (Lipinski definition) is 1. The van der Waals surface area contributed by atoms with Gasteiger partial charge in [-0.1, -0.05) is 20.3 Å². The van der Waals surface area contributed by atoms with Gasteiger partial charge in [0.2, 0.25) is 11.8 Å². The molecule has 120 valence electrons. The van der Waals surface area contributed by atoms with Crippen molar-refractivity contribution in [3.05, 3.63) is 0 Å². The van der Waals surface area contributed by atoms with E-state index in [-0.39, 0.29) is 17.9 Å². The third-order valence-corrected chi connectivity index (χ3v) is 4.67. The lowest BCUT2D eigenvalue weighted by atomic mass is 9.89. The van der Waals surface area contributed by atoms with E-state index in [1.54, 1.807) is 4.90 Å². The van der Waals surface area contributed by atoms with Gasteiger partial charge in [-0.3, -0.25) is 9.59 Å². The Balaban J connectivity index is 1.99. The van der Waals surface area contributed by atoms with Gasteiger partial charge in [0.1, 0.15) is 11.6 Å². The number of nitrogens with one attached hydrogen (secondary N) is 1. The Labute approximate surface area is 127 Å². The molecule has 5 heteroatoms. The van der Waals surface area contributed by atoms with Crippen molar-refractivity contribution in [2.24, 2.45) is 5.92 Å². The van der Waals surface area contributed by atoms with Crippen LogP contribution in [0, 0.1) is 5.92 Å². The molecule has 0 radical (unpaired) electrons. The van der Waals surface area contributed by atoms with Crippen molar-refractivity contribution < 1.29 is 14.3 Å². The second-order valence-electron chi connectivity index (χ2n) is 6.35. The summed E-state index contributed by atoms with van der Waals surface area (Å²) in [7, 11) is 0. The molecule has 0 aromatic carbocycles. The zero-order valence-corrected chi connectivity index (χ0v) is 13.5. The third-order valence-electron chi connectivity index (χ3n) is 4.67. The summed E-state index contributed by atoms with van der Waals surface area (Å²) in [6, 6.07) is -0.348. The van der Waals surface area contributed by atoms with Crippen LogP contribution in [0.25, 0.3) is 0 Å². The predicted molar refractivity (Wildman–Crippen MR) is 80.8 cm³/mol. The van der Waals surface area contributed by atoms with Crippen molar-refractivity contribution in [2.45, 2.75) is 64.5 Å². The molecular weight excluding hydrogens is 268 g/mol. The first-order chi connectivity index (χ1) is 10.0. The maximum Gasteiger partial charge on any atom is 0.249 e. The molecule has 0 bridgehead atoms. The van der Waals surface area contributed by atoms with Gasteiger partial charge in [-0.25, -0.2) is 0 Å². The molecule has 1 heterocycles. The average molecular weight is 296 g/mol. The fourth-order valence-electron chi connectivity index (χ4n) is 3.09. The standard InChI is InChI=1S/C16H28N2O3/c1-4-6-10-21-11-9-18-13(5-2)14(19)17-16(3,15(18)20)12-7-8-12/h12-13H,4-11H2,1-3H3,(H,17,19). The molecule has 1 N–H and O–H groups in total. The summed E-state index contributed by atoms with van der Waals surface area (Å²) in [4.78, 5) is 26.9. The highest BCUT2D eigenvalue weighted by Gasteiger charge is 2.54. The molecule has 2 unspecified atom stereocenters. The lowest BCUT2D eigenvalue weighted by molar-refractivity contribution is -0.156. The SMILES string of the molecule is CCCCOCCN1C(=O)C(C)(C2CC2)NC(=O)C1CC. The summed E-state index contributed by atoms with van der Waals surface area (Å²) < 4.78 is 5.57. The Hall–Kier alpha value is -1.10. The monoisotopic (exact) mass is 296 g/mol.